The highest BCUT2D eigenvalue weighted by Crippen LogP contribution is 2.42. The van der Waals surface area contributed by atoms with Crippen LogP contribution in [0.1, 0.15) is 0 Å². The molecule has 0 saturated heterocycles. The van der Waals surface area contributed by atoms with E-state index >= 15 is 0 Å². The van der Waals surface area contributed by atoms with Gasteiger partial charge in [0.05, 0.1) is 27.0 Å². The number of hydrogen-bond donors (Lipinski definition) is 1. The zero-order valence-electron chi connectivity index (χ0n) is 15.3. The average Bonchev–Trinajstić information content (AvgIpc) is 3.20. The summed E-state index contributed by atoms with van der Waals surface area (Å²) in [6.45, 7) is 0. The van der Waals surface area contributed by atoms with Crippen LogP contribution in [0, 0.1) is 0 Å². The van der Waals surface area contributed by atoms with Gasteiger partial charge < -0.3 is 19.2 Å². The van der Waals surface area contributed by atoms with Gasteiger partial charge in [0.25, 0.3) is 0 Å². The van der Waals surface area contributed by atoms with Crippen LogP contribution in [-0.4, -0.2) is 36.3 Å². The molecule has 0 aliphatic heterocycles. The second-order valence-corrected chi connectivity index (χ2v) is 5.98. The second kappa shape index (κ2) is 6.99. The van der Waals surface area contributed by atoms with Gasteiger partial charge in [-0.1, -0.05) is 6.07 Å². The van der Waals surface area contributed by atoms with Crippen LogP contribution in [0.4, 0.5) is 0 Å². The summed E-state index contributed by atoms with van der Waals surface area (Å²) in [7, 11) is 4.78. The van der Waals surface area contributed by atoms with Gasteiger partial charge in [-0.3, -0.25) is 0 Å². The van der Waals surface area contributed by atoms with Gasteiger partial charge >= 0.3 is 0 Å². The Kier molecular flexibility index (Phi) is 4.38. The van der Waals surface area contributed by atoms with E-state index in [0.29, 0.717) is 17.2 Å². The fourth-order valence-electron chi connectivity index (χ4n) is 3.21. The third-order valence-corrected chi connectivity index (χ3v) is 4.51. The maximum Gasteiger partial charge on any atom is 0.203 e. The first kappa shape index (κ1) is 16.9. The van der Waals surface area contributed by atoms with Crippen LogP contribution in [0.25, 0.3) is 33.3 Å². The molecule has 2 aromatic carbocycles. The third-order valence-electron chi connectivity index (χ3n) is 4.51. The molecule has 2 heterocycles. The number of benzene rings is 2. The number of methoxy groups -OCH3 is 3. The molecule has 0 amide bonds. The van der Waals surface area contributed by atoms with E-state index in [2.05, 4.69) is 33.2 Å². The standard InChI is InChI=1S/C21H19N3O3/c1-25-18-9-15(10-19(26-2)21(18)27-3)20-16(11-22-12-24-20)13-4-5-17-14(8-13)6-7-23-17/h4-12,23H,1-3H3. The van der Waals surface area contributed by atoms with Gasteiger partial charge in [-0.15, -0.1) is 0 Å². The van der Waals surface area contributed by atoms with Crippen LogP contribution in [0.3, 0.4) is 0 Å². The highest BCUT2D eigenvalue weighted by molar-refractivity contribution is 5.89. The highest BCUT2D eigenvalue weighted by atomic mass is 16.5. The minimum Gasteiger partial charge on any atom is -0.493 e. The second-order valence-electron chi connectivity index (χ2n) is 5.98. The van der Waals surface area contributed by atoms with Crippen LogP contribution in [0.2, 0.25) is 0 Å². The molecule has 1 N–H and O–H groups in total. The Labute approximate surface area is 156 Å². The van der Waals surface area contributed by atoms with Gasteiger partial charge in [-0.2, -0.15) is 0 Å². The van der Waals surface area contributed by atoms with Crippen molar-refractivity contribution in [1.82, 2.24) is 15.0 Å². The average molecular weight is 361 g/mol. The molecule has 0 aliphatic carbocycles. The molecule has 27 heavy (non-hydrogen) atoms. The fourth-order valence-corrected chi connectivity index (χ4v) is 3.21. The van der Waals surface area contributed by atoms with Crippen molar-refractivity contribution in [3.63, 3.8) is 0 Å². The summed E-state index contributed by atoms with van der Waals surface area (Å²) in [4.78, 5) is 12.0. The molecule has 0 bridgehead atoms. The molecule has 0 radical (unpaired) electrons. The Morgan fingerprint density at radius 2 is 1.63 bits per heavy atom. The van der Waals surface area contributed by atoms with E-state index in [1.807, 2.05) is 30.6 Å². The predicted molar refractivity (Wildman–Crippen MR) is 104 cm³/mol. The summed E-state index contributed by atoms with van der Waals surface area (Å²) in [6, 6.07) is 12.0. The lowest BCUT2D eigenvalue weighted by Crippen LogP contribution is -1.97. The predicted octanol–water partition coefficient (Wildman–Crippen LogP) is 4.32. The summed E-state index contributed by atoms with van der Waals surface area (Å²) < 4.78 is 16.4. The van der Waals surface area contributed by atoms with E-state index in [1.165, 1.54) is 6.33 Å². The van der Waals surface area contributed by atoms with E-state index < -0.39 is 0 Å². The summed E-state index contributed by atoms with van der Waals surface area (Å²) >= 11 is 0. The summed E-state index contributed by atoms with van der Waals surface area (Å²) in [5, 5.41) is 1.13. The lowest BCUT2D eigenvalue weighted by molar-refractivity contribution is 0.324. The van der Waals surface area contributed by atoms with E-state index in [1.54, 1.807) is 21.3 Å². The van der Waals surface area contributed by atoms with Crippen LogP contribution >= 0.6 is 0 Å². The summed E-state index contributed by atoms with van der Waals surface area (Å²) in [6.07, 6.45) is 5.28. The van der Waals surface area contributed by atoms with Crippen molar-refractivity contribution in [3.05, 3.63) is 55.1 Å². The molecule has 4 rings (SSSR count). The number of fused-ring (bicyclic) bond motifs is 1. The smallest absolute Gasteiger partial charge is 0.203 e. The van der Waals surface area contributed by atoms with Gasteiger partial charge in [0.15, 0.2) is 11.5 Å². The Morgan fingerprint density at radius 1 is 0.852 bits per heavy atom. The molecule has 2 aromatic heterocycles. The van der Waals surface area contributed by atoms with Gasteiger partial charge in [-0.25, -0.2) is 9.97 Å². The van der Waals surface area contributed by atoms with Crippen molar-refractivity contribution >= 4 is 10.9 Å². The molecular formula is C21H19N3O3. The van der Waals surface area contributed by atoms with Crippen LogP contribution in [-0.2, 0) is 0 Å². The van der Waals surface area contributed by atoms with Crippen LogP contribution in [0.15, 0.2) is 55.1 Å². The molecule has 6 nitrogen and oxygen atoms in total. The third kappa shape index (κ3) is 2.95. The molecule has 0 aliphatic rings. The first-order chi connectivity index (χ1) is 13.2. The van der Waals surface area contributed by atoms with E-state index in [0.717, 1.165) is 33.3 Å². The minimum atomic E-state index is 0.549. The molecule has 136 valence electrons. The number of nitrogens with one attached hydrogen (secondary N) is 1. The maximum atomic E-state index is 5.48. The Bertz CT molecular complexity index is 1080. The fraction of sp³-hybridized carbons (Fsp3) is 0.143. The summed E-state index contributed by atoms with van der Waals surface area (Å²) in [5.41, 5.74) is 4.70. The molecular weight excluding hydrogens is 342 g/mol. The largest absolute Gasteiger partial charge is 0.493 e. The Morgan fingerprint density at radius 3 is 2.33 bits per heavy atom. The van der Waals surface area contributed by atoms with Crippen molar-refractivity contribution in [1.29, 1.82) is 0 Å². The SMILES string of the molecule is COc1cc(-c2ncncc2-c2ccc3[nH]ccc3c2)cc(OC)c1OC. The number of nitrogens with zero attached hydrogens (tertiary/aromatic N) is 2. The first-order valence-corrected chi connectivity index (χ1v) is 8.43. The van der Waals surface area contributed by atoms with Gasteiger partial charge in [0.1, 0.15) is 6.33 Å². The molecule has 0 spiro atoms. The normalized spacial score (nSPS) is 10.8. The number of hydrogen-bond acceptors (Lipinski definition) is 5. The lowest BCUT2D eigenvalue weighted by Gasteiger charge is -2.15. The number of aromatic nitrogens is 3. The number of H-pyrrole nitrogens is 1. The maximum absolute atomic E-state index is 5.48. The lowest BCUT2D eigenvalue weighted by atomic mass is 9.99. The van der Waals surface area contributed by atoms with Crippen molar-refractivity contribution in [2.75, 3.05) is 21.3 Å². The Hall–Kier alpha value is -3.54. The van der Waals surface area contributed by atoms with Gasteiger partial charge in [-0.05, 0) is 41.3 Å². The molecule has 0 saturated carbocycles. The van der Waals surface area contributed by atoms with Crippen molar-refractivity contribution in [3.8, 4) is 39.6 Å². The van der Waals surface area contributed by atoms with Crippen molar-refractivity contribution in [2.24, 2.45) is 0 Å². The number of ether oxygens (including phenoxy) is 3. The van der Waals surface area contributed by atoms with Crippen LogP contribution in [0.5, 0.6) is 17.2 Å². The molecule has 0 atom stereocenters. The van der Waals surface area contributed by atoms with Crippen molar-refractivity contribution in [2.45, 2.75) is 0 Å². The van der Waals surface area contributed by atoms with Gasteiger partial charge in [0.2, 0.25) is 5.75 Å². The monoisotopic (exact) mass is 361 g/mol. The first-order valence-electron chi connectivity index (χ1n) is 8.43. The number of aromatic amines is 1. The highest BCUT2D eigenvalue weighted by Gasteiger charge is 2.17. The molecule has 4 aromatic rings. The zero-order chi connectivity index (χ0) is 18.8. The van der Waals surface area contributed by atoms with Crippen LogP contribution < -0.4 is 14.2 Å². The van der Waals surface area contributed by atoms with Crippen molar-refractivity contribution < 1.29 is 14.2 Å². The molecule has 0 fully saturated rings. The van der Waals surface area contributed by atoms with E-state index in [9.17, 15) is 0 Å². The molecule has 6 heteroatoms. The Balaban J connectivity index is 1.90. The van der Waals surface area contributed by atoms with E-state index in [4.69, 9.17) is 14.2 Å². The van der Waals surface area contributed by atoms with E-state index in [-0.39, 0.29) is 0 Å². The summed E-state index contributed by atoms with van der Waals surface area (Å²) in [5.74, 6) is 1.71. The topological polar surface area (TPSA) is 69.3 Å². The minimum absolute atomic E-state index is 0.549. The molecule has 0 unspecified atom stereocenters. The zero-order valence-corrected chi connectivity index (χ0v) is 15.3. The number of rotatable bonds is 5. The quantitative estimate of drug-likeness (QED) is 0.573. The van der Waals surface area contributed by atoms with Gasteiger partial charge in [0, 0.05) is 29.0 Å².